The number of fused-ring (bicyclic) bond motifs is 2. The maximum atomic E-state index is 13.4. The molecule has 3 heterocycles. The molecule has 1 unspecified atom stereocenters. The van der Waals surface area contributed by atoms with Crippen LogP contribution in [0, 0.1) is 6.92 Å². The van der Waals surface area contributed by atoms with Crippen molar-refractivity contribution < 1.29 is 9.59 Å². The van der Waals surface area contributed by atoms with Gasteiger partial charge in [0.05, 0.1) is 0 Å². The van der Waals surface area contributed by atoms with Crippen LogP contribution in [0.3, 0.4) is 0 Å². The zero-order chi connectivity index (χ0) is 22.2. The number of carbonyl (C=O) groups is 2. The predicted octanol–water partition coefficient (Wildman–Crippen LogP) is 3.83. The quantitative estimate of drug-likeness (QED) is 0.597. The van der Waals surface area contributed by atoms with E-state index >= 15 is 0 Å². The SMILES string of the molecule is CCc1sc2ccccc2c1CN1CCN2C(=O)CN(Cc3ccc(C)cc3)C(=O)C2C1. The molecule has 166 valence electrons. The van der Waals surface area contributed by atoms with Gasteiger partial charge in [-0.05, 0) is 35.9 Å². The van der Waals surface area contributed by atoms with E-state index in [0.29, 0.717) is 19.6 Å². The van der Waals surface area contributed by atoms with Crippen LogP contribution < -0.4 is 0 Å². The molecular weight excluding hydrogens is 418 g/mol. The molecule has 32 heavy (non-hydrogen) atoms. The number of amides is 2. The lowest BCUT2D eigenvalue weighted by atomic mass is 10.0. The topological polar surface area (TPSA) is 43.9 Å². The lowest BCUT2D eigenvalue weighted by Gasteiger charge is -2.46. The predicted molar refractivity (Wildman–Crippen MR) is 129 cm³/mol. The molecule has 1 atom stereocenters. The molecule has 2 fully saturated rings. The minimum absolute atomic E-state index is 0.0663. The number of thiophene rings is 1. The number of hydrogen-bond acceptors (Lipinski definition) is 4. The van der Waals surface area contributed by atoms with Gasteiger partial charge in [0.25, 0.3) is 0 Å². The summed E-state index contributed by atoms with van der Waals surface area (Å²) in [4.78, 5) is 33.5. The molecule has 2 aromatic carbocycles. The summed E-state index contributed by atoms with van der Waals surface area (Å²) in [5.41, 5.74) is 3.64. The van der Waals surface area contributed by atoms with Crippen LogP contribution in [0.25, 0.3) is 10.1 Å². The van der Waals surface area contributed by atoms with Crippen molar-refractivity contribution in [2.24, 2.45) is 0 Å². The van der Waals surface area contributed by atoms with Crippen LogP contribution >= 0.6 is 11.3 Å². The van der Waals surface area contributed by atoms with Crippen molar-refractivity contribution in [2.75, 3.05) is 26.2 Å². The molecule has 6 heteroatoms. The Balaban J connectivity index is 1.34. The Kier molecular flexibility index (Phi) is 5.74. The summed E-state index contributed by atoms with van der Waals surface area (Å²) in [6.45, 7) is 7.78. The van der Waals surface area contributed by atoms with E-state index in [1.54, 1.807) is 9.80 Å². The van der Waals surface area contributed by atoms with Crippen molar-refractivity contribution in [1.82, 2.24) is 14.7 Å². The fourth-order valence-electron chi connectivity index (χ4n) is 4.92. The molecule has 3 aromatic rings. The maximum absolute atomic E-state index is 13.4. The van der Waals surface area contributed by atoms with Crippen LogP contribution in [0.15, 0.2) is 48.5 Å². The van der Waals surface area contributed by atoms with Gasteiger partial charge < -0.3 is 9.80 Å². The molecule has 0 aliphatic carbocycles. The molecule has 0 radical (unpaired) electrons. The Morgan fingerprint density at radius 2 is 1.78 bits per heavy atom. The van der Waals surface area contributed by atoms with E-state index in [-0.39, 0.29) is 24.4 Å². The summed E-state index contributed by atoms with van der Waals surface area (Å²) >= 11 is 1.87. The van der Waals surface area contributed by atoms with Crippen molar-refractivity contribution in [3.05, 3.63) is 70.1 Å². The Labute approximate surface area is 193 Å². The Morgan fingerprint density at radius 1 is 1.00 bits per heavy atom. The molecule has 5 rings (SSSR count). The van der Waals surface area contributed by atoms with E-state index in [4.69, 9.17) is 0 Å². The van der Waals surface area contributed by atoms with Gasteiger partial charge in [-0.25, -0.2) is 0 Å². The lowest BCUT2D eigenvalue weighted by molar-refractivity contribution is -0.160. The summed E-state index contributed by atoms with van der Waals surface area (Å²) in [7, 11) is 0. The third kappa shape index (κ3) is 3.93. The highest BCUT2D eigenvalue weighted by Crippen LogP contribution is 2.33. The number of piperazine rings is 2. The van der Waals surface area contributed by atoms with Crippen molar-refractivity contribution in [2.45, 2.75) is 39.4 Å². The second-order valence-electron chi connectivity index (χ2n) is 8.87. The first-order valence-corrected chi connectivity index (χ1v) is 12.2. The Morgan fingerprint density at radius 3 is 2.56 bits per heavy atom. The summed E-state index contributed by atoms with van der Waals surface area (Å²) in [5.74, 6) is 0.136. The smallest absolute Gasteiger partial charge is 0.247 e. The highest BCUT2D eigenvalue weighted by atomic mass is 32.1. The fraction of sp³-hybridized carbons (Fsp3) is 0.385. The molecule has 5 nitrogen and oxygen atoms in total. The van der Waals surface area contributed by atoms with Crippen molar-refractivity contribution in [3.63, 3.8) is 0 Å². The van der Waals surface area contributed by atoms with Gasteiger partial charge in [-0.1, -0.05) is 55.0 Å². The second-order valence-corrected chi connectivity index (χ2v) is 10.0. The number of hydrogen-bond donors (Lipinski definition) is 0. The molecule has 0 saturated carbocycles. The third-order valence-electron chi connectivity index (χ3n) is 6.69. The molecule has 0 N–H and O–H groups in total. The largest absolute Gasteiger partial charge is 0.327 e. The van der Waals surface area contributed by atoms with E-state index in [9.17, 15) is 9.59 Å². The van der Waals surface area contributed by atoms with Crippen molar-refractivity contribution in [1.29, 1.82) is 0 Å². The molecule has 1 aromatic heterocycles. The fourth-order valence-corrected chi connectivity index (χ4v) is 6.07. The average molecular weight is 448 g/mol. The zero-order valence-corrected chi connectivity index (χ0v) is 19.5. The molecule has 2 aliphatic rings. The van der Waals surface area contributed by atoms with E-state index in [0.717, 1.165) is 25.1 Å². The van der Waals surface area contributed by atoms with Crippen molar-refractivity contribution >= 4 is 33.2 Å². The normalized spacial score (nSPS) is 19.6. The van der Waals surface area contributed by atoms with Crippen LogP contribution in [0.5, 0.6) is 0 Å². The number of nitrogens with zero attached hydrogens (tertiary/aromatic N) is 3. The highest BCUT2D eigenvalue weighted by molar-refractivity contribution is 7.19. The summed E-state index contributed by atoms with van der Waals surface area (Å²) in [5, 5.41) is 1.32. The van der Waals surface area contributed by atoms with E-state index in [1.807, 2.05) is 23.5 Å². The Hall–Kier alpha value is -2.70. The van der Waals surface area contributed by atoms with E-state index in [1.165, 1.54) is 26.1 Å². The lowest BCUT2D eigenvalue weighted by Crippen LogP contribution is -2.66. The zero-order valence-electron chi connectivity index (χ0n) is 18.7. The van der Waals surface area contributed by atoms with Crippen LogP contribution in [0.1, 0.15) is 28.5 Å². The first-order valence-electron chi connectivity index (χ1n) is 11.4. The molecule has 2 saturated heterocycles. The standard InChI is InChI=1S/C26H29N3O2S/c1-3-23-21(20-6-4-5-7-24(20)32-23)15-27-12-13-29-22(16-27)26(31)28(17-25(29)30)14-19-10-8-18(2)9-11-19/h4-11,22H,3,12-17H2,1-2H3. The number of aryl methyl sites for hydroxylation is 2. The van der Waals surface area contributed by atoms with E-state index < -0.39 is 0 Å². The van der Waals surface area contributed by atoms with Gasteiger partial charge in [-0.15, -0.1) is 11.3 Å². The van der Waals surface area contributed by atoms with Gasteiger partial charge in [0.1, 0.15) is 12.6 Å². The van der Waals surface area contributed by atoms with Crippen LogP contribution in [0.4, 0.5) is 0 Å². The van der Waals surface area contributed by atoms with Gasteiger partial charge in [0, 0.05) is 42.3 Å². The first kappa shape index (κ1) is 21.2. The molecule has 2 aliphatic heterocycles. The van der Waals surface area contributed by atoms with Gasteiger partial charge in [-0.2, -0.15) is 0 Å². The molecule has 2 amide bonds. The summed E-state index contributed by atoms with van der Waals surface area (Å²) in [6.07, 6.45) is 1.01. The minimum Gasteiger partial charge on any atom is -0.327 e. The molecular formula is C26H29N3O2S. The van der Waals surface area contributed by atoms with Gasteiger partial charge in [0.2, 0.25) is 11.8 Å². The second kappa shape index (κ2) is 8.68. The number of carbonyl (C=O) groups excluding carboxylic acids is 2. The van der Waals surface area contributed by atoms with Crippen molar-refractivity contribution in [3.8, 4) is 0 Å². The minimum atomic E-state index is -0.384. The third-order valence-corrected chi connectivity index (χ3v) is 8.04. The first-order chi connectivity index (χ1) is 15.5. The van der Waals surface area contributed by atoms with Crippen LogP contribution in [0.2, 0.25) is 0 Å². The monoisotopic (exact) mass is 447 g/mol. The molecule has 0 spiro atoms. The summed E-state index contributed by atoms with van der Waals surface area (Å²) < 4.78 is 1.33. The Bertz CT molecular complexity index is 1150. The van der Waals surface area contributed by atoms with Gasteiger partial charge >= 0.3 is 0 Å². The van der Waals surface area contributed by atoms with E-state index in [2.05, 4.69) is 55.1 Å². The highest BCUT2D eigenvalue weighted by Gasteiger charge is 2.42. The van der Waals surface area contributed by atoms with Gasteiger partial charge in [-0.3, -0.25) is 14.5 Å². The molecule has 0 bridgehead atoms. The van der Waals surface area contributed by atoms with Gasteiger partial charge in [0.15, 0.2) is 0 Å². The number of rotatable bonds is 5. The van der Waals surface area contributed by atoms with Crippen LogP contribution in [-0.4, -0.2) is 58.7 Å². The summed E-state index contributed by atoms with van der Waals surface area (Å²) in [6, 6.07) is 16.4. The average Bonchev–Trinajstić information content (AvgIpc) is 3.16. The maximum Gasteiger partial charge on any atom is 0.247 e. The van der Waals surface area contributed by atoms with Crippen LogP contribution in [-0.2, 0) is 29.1 Å². The number of benzene rings is 2.